The quantitative estimate of drug-likeness (QED) is 0.216. The van der Waals surface area contributed by atoms with Gasteiger partial charge in [0.05, 0.1) is 30.7 Å². The third kappa shape index (κ3) is 6.17. The number of hydrogen-bond donors (Lipinski definition) is 1. The number of rotatable bonds is 8. The van der Waals surface area contributed by atoms with Gasteiger partial charge in [-0.25, -0.2) is 9.18 Å². The Morgan fingerprint density at radius 1 is 0.860 bits per heavy atom. The number of carbonyl (C=O) groups excluding carboxylic acids is 3. The molecule has 1 N–H and O–H groups in total. The van der Waals surface area contributed by atoms with Crippen molar-refractivity contribution in [2.75, 3.05) is 14.2 Å². The van der Waals surface area contributed by atoms with Gasteiger partial charge in [0.25, 0.3) is 0 Å². The van der Waals surface area contributed by atoms with Gasteiger partial charge in [0.15, 0.2) is 5.78 Å². The monoisotopic (exact) mass is 644 g/mol. The number of methoxy groups -OCH3 is 2. The van der Waals surface area contributed by atoms with E-state index in [1.165, 1.54) is 24.1 Å². The van der Waals surface area contributed by atoms with Crippen molar-refractivity contribution in [1.29, 1.82) is 0 Å². The van der Waals surface area contributed by atoms with Gasteiger partial charge in [-0.1, -0.05) is 78.9 Å². The summed E-state index contributed by atoms with van der Waals surface area (Å²) in [7, 11) is 2.80. The Morgan fingerprint density at radius 2 is 1.51 bits per heavy atom. The first-order valence-electron chi connectivity index (χ1n) is 13.7. The maximum absolute atomic E-state index is 14.5. The van der Waals surface area contributed by atoms with Crippen LogP contribution in [0.2, 0.25) is 0 Å². The molecule has 0 saturated carbocycles. The van der Waals surface area contributed by atoms with Gasteiger partial charge < -0.3 is 14.8 Å². The molecule has 0 bridgehead atoms. The first-order chi connectivity index (χ1) is 20.8. The van der Waals surface area contributed by atoms with Crippen LogP contribution < -0.4 is 10.1 Å². The van der Waals surface area contributed by atoms with Crippen LogP contribution in [0.5, 0.6) is 5.75 Å². The molecule has 0 aliphatic carbocycles. The summed E-state index contributed by atoms with van der Waals surface area (Å²) < 4.78 is 24.8. The third-order valence-electron chi connectivity index (χ3n) is 7.76. The molecule has 4 aromatic carbocycles. The molecule has 1 heterocycles. The van der Waals surface area contributed by atoms with E-state index in [0.717, 1.165) is 5.56 Å². The van der Waals surface area contributed by atoms with Crippen LogP contribution in [-0.4, -0.2) is 42.9 Å². The number of halogens is 2. The van der Waals surface area contributed by atoms with Crippen molar-refractivity contribution in [3.63, 3.8) is 0 Å². The predicted octanol–water partition coefficient (Wildman–Crippen LogP) is 6.69. The van der Waals surface area contributed by atoms with Gasteiger partial charge in [0.1, 0.15) is 17.6 Å². The molecule has 0 aromatic heterocycles. The fourth-order valence-electron chi connectivity index (χ4n) is 5.83. The second kappa shape index (κ2) is 13.2. The number of nitrogens with zero attached hydrogens (tertiary/aromatic N) is 1. The molecule has 0 spiro atoms. The van der Waals surface area contributed by atoms with Crippen LogP contribution in [0.4, 0.5) is 9.18 Å². The first kappa shape index (κ1) is 30.0. The Bertz CT molecular complexity index is 1600. The number of Topliss-reactive ketones (excluding diaryl/α,β-unsaturated/α-hetero) is 1. The zero-order valence-corrected chi connectivity index (χ0v) is 25.2. The molecule has 0 radical (unpaired) electrons. The Morgan fingerprint density at radius 3 is 2.12 bits per heavy atom. The number of ketones is 1. The number of likely N-dealkylation sites (tertiary alicyclic amines) is 1. The Hall–Kier alpha value is -4.50. The highest BCUT2D eigenvalue weighted by Crippen LogP contribution is 2.52. The minimum atomic E-state index is -1.11. The fraction of sp³-hybridized carbons (Fsp3) is 0.206. The number of benzene rings is 4. The fourth-order valence-corrected chi connectivity index (χ4v) is 6.39. The minimum Gasteiger partial charge on any atom is -0.496 e. The van der Waals surface area contributed by atoms with Crippen molar-refractivity contribution < 1.29 is 28.2 Å². The SMILES string of the molecule is COC(=O)N1C(C(=O)NCc2ccc(F)cc2)C(c2ccccc2)C(C(=O)c2ccccc2)C1c1ccc(OC)c(Br)c1. The standard InChI is InChI=1S/C34H30BrFN2O5/c1-42-27-18-15-24(19-26(27)35)30-29(32(39)23-11-7-4-8-12-23)28(22-9-5-3-6-10-22)31(38(30)34(41)43-2)33(40)37-20-21-13-16-25(36)17-14-21/h3-19,28-31H,20H2,1-2H3,(H,37,40). The molecule has 2 amide bonds. The van der Waals surface area contributed by atoms with E-state index in [1.807, 2.05) is 36.4 Å². The summed E-state index contributed by atoms with van der Waals surface area (Å²) in [5.74, 6) is -2.08. The highest BCUT2D eigenvalue weighted by molar-refractivity contribution is 9.10. The highest BCUT2D eigenvalue weighted by Gasteiger charge is 2.58. The van der Waals surface area contributed by atoms with Crippen LogP contribution >= 0.6 is 15.9 Å². The molecule has 1 fully saturated rings. The van der Waals surface area contributed by atoms with Crippen LogP contribution in [0.3, 0.4) is 0 Å². The average molecular weight is 646 g/mol. The van der Waals surface area contributed by atoms with Gasteiger partial charge in [-0.3, -0.25) is 14.5 Å². The molecule has 1 saturated heterocycles. The molecule has 9 heteroatoms. The van der Waals surface area contributed by atoms with Gasteiger partial charge >= 0.3 is 6.09 Å². The lowest BCUT2D eigenvalue weighted by Gasteiger charge is -2.30. The van der Waals surface area contributed by atoms with Crippen molar-refractivity contribution in [3.05, 3.63) is 136 Å². The summed E-state index contributed by atoms with van der Waals surface area (Å²) in [4.78, 5) is 43.7. The zero-order chi connectivity index (χ0) is 30.5. The van der Waals surface area contributed by atoms with Crippen LogP contribution in [0.1, 0.15) is 39.0 Å². The maximum Gasteiger partial charge on any atom is 0.410 e. The van der Waals surface area contributed by atoms with E-state index in [-0.39, 0.29) is 18.1 Å². The number of carbonyl (C=O) groups is 3. The van der Waals surface area contributed by atoms with Gasteiger partial charge in [0, 0.05) is 18.0 Å². The Labute approximate surface area is 257 Å². The van der Waals surface area contributed by atoms with E-state index in [2.05, 4.69) is 21.2 Å². The maximum atomic E-state index is 14.5. The molecule has 1 aliphatic heterocycles. The number of amides is 2. The van der Waals surface area contributed by atoms with Gasteiger partial charge in [-0.2, -0.15) is 0 Å². The Balaban J connectivity index is 1.68. The first-order valence-corrected chi connectivity index (χ1v) is 14.5. The topological polar surface area (TPSA) is 84.9 Å². The normalized spacial score (nSPS) is 19.5. The molecule has 4 unspecified atom stereocenters. The summed E-state index contributed by atoms with van der Waals surface area (Å²) in [6.07, 6.45) is -0.747. The lowest BCUT2D eigenvalue weighted by molar-refractivity contribution is -0.126. The van der Waals surface area contributed by atoms with Gasteiger partial charge in [0.2, 0.25) is 5.91 Å². The molecule has 4 atom stereocenters. The second-order valence-electron chi connectivity index (χ2n) is 10.2. The number of hydrogen-bond acceptors (Lipinski definition) is 5. The lowest BCUT2D eigenvalue weighted by atomic mass is 9.76. The molecule has 1 aliphatic rings. The molecular formula is C34H30BrFN2O5. The van der Waals surface area contributed by atoms with Crippen molar-refractivity contribution >= 4 is 33.7 Å². The number of ether oxygens (including phenoxy) is 2. The van der Waals surface area contributed by atoms with Crippen LogP contribution in [0.25, 0.3) is 0 Å². The summed E-state index contributed by atoms with van der Waals surface area (Å²) in [6, 6.07) is 27.2. The van der Waals surface area contributed by atoms with Gasteiger partial charge in [-0.05, 0) is 56.9 Å². The van der Waals surface area contributed by atoms with Crippen molar-refractivity contribution in [2.45, 2.75) is 24.5 Å². The van der Waals surface area contributed by atoms with Crippen LogP contribution in [0, 0.1) is 11.7 Å². The largest absolute Gasteiger partial charge is 0.496 e. The van der Waals surface area contributed by atoms with Crippen LogP contribution in [-0.2, 0) is 16.1 Å². The van der Waals surface area contributed by atoms with E-state index in [0.29, 0.717) is 26.9 Å². The molecule has 5 rings (SSSR count). The molecule has 220 valence electrons. The third-order valence-corrected chi connectivity index (χ3v) is 8.38. The van der Waals surface area contributed by atoms with Gasteiger partial charge in [-0.15, -0.1) is 0 Å². The van der Waals surface area contributed by atoms with Crippen molar-refractivity contribution in [1.82, 2.24) is 10.2 Å². The summed E-state index contributed by atoms with van der Waals surface area (Å²) in [6.45, 7) is 0.0994. The molecule has 43 heavy (non-hydrogen) atoms. The smallest absolute Gasteiger partial charge is 0.410 e. The van der Waals surface area contributed by atoms with Crippen molar-refractivity contribution in [2.24, 2.45) is 5.92 Å². The van der Waals surface area contributed by atoms with E-state index in [9.17, 15) is 18.8 Å². The van der Waals surface area contributed by atoms with Crippen molar-refractivity contribution in [3.8, 4) is 5.75 Å². The molecule has 7 nitrogen and oxygen atoms in total. The summed E-state index contributed by atoms with van der Waals surface area (Å²) in [5, 5.41) is 2.92. The second-order valence-corrected chi connectivity index (χ2v) is 11.1. The average Bonchev–Trinajstić information content (AvgIpc) is 3.40. The predicted molar refractivity (Wildman–Crippen MR) is 163 cm³/mol. The molecular weight excluding hydrogens is 615 g/mol. The minimum absolute atomic E-state index is 0.0994. The van der Waals surface area contributed by atoms with E-state index < -0.39 is 35.9 Å². The summed E-state index contributed by atoms with van der Waals surface area (Å²) >= 11 is 3.54. The molecule has 4 aromatic rings. The Kier molecular flexibility index (Phi) is 9.21. The van der Waals surface area contributed by atoms with E-state index in [1.54, 1.807) is 61.7 Å². The zero-order valence-electron chi connectivity index (χ0n) is 23.6. The highest BCUT2D eigenvalue weighted by atomic mass is 79.9. The lowest BCUT2D eigenvalue weighted by Crippen LogP contribution is -2.48. The van der Waals surface area contributed by atoms with E-state index in [4.69, 9.17) is 9.47 Å². The van der Waals surface area contributed by atoms with Crippen LogP contribution in [0.15, 0.2) is 108 Å². The number of nitrogens with one attached hydrogen (secondary N) is 1. The summed E-state index contributed by atoms with van der Waals surface area (Å²) in [5.41, 5.74) is 2.49. The van der Waals surface area contributed by atoms with E-state index >= 15 is 0 Å².